The lowest BCUT2D eigenvalue weighted by Crippen LogP contribution is -2.17. The minimum absolute atomic E-state index is 0.168. The maximum atomic E-state index is 11.9. The van der Waals surface area contributed by atoms with E-state index in [1.807, 2.05) is 6.92 Å². The van der Waals surface area contributed by atoms with Crippen molar-refractivity contribution in [3.8, 4) is 0 Å². The third kappa shape index (κ3) is 3.23. The zero-order valence-corrected chi connectivity index (χ0v) is 13.0. The molecule has 118 valence electrons. The number of sulfonamides is 1. The van der Waals surface area contributed by atoms with Crippen LogP contribution in [0.4, 0.5) is 5.69 Å². The van der Waals surface area contributed by atoms with E-state index in [-0.39, 0.29) is 11.1 Å². The quantitative estimate of drug-likeness (QED) is 0.498. The van der Waals surface area contributed by atoms with Crippen LogP contribution in [0.15, 0.2) is 29.2 Å². The highest BCUT2D eigenvalue weighted by molar-refractivity contribution is 7.89. The van der Waals surface area contributed by atoms with E-state index in [1.54, 1.807) is 18.2 Å². The van der Waals surface area contributed by atoms with Crippen LogP contribution in [0.1, 0.15) is 31.9 Å². The Labute approximate surface area is 128 Å². The lowest BCUT2D eigenvalue weighted by atomic mass is 10.1. The number of benzene rings is 1. The zero-order valence-electron chi connectivity index (χ0n) is 12.2. The van der Waals surface area contributed by atoms with Crippen molar-refractivity contribution in [2.45, 2.75) is 37.5 Å². The van der Waals surface area contributed by atoms with Gasteiger partial charge in [-0.2, -0.15) is 0 Å². The van der Waals surface area contributed by atoms with Crippen LogP contribution in [0, 0.1) is 10.1 Å². The fourth-order valence-electron chi connectivity index (χ4n) is 2.41. The highest BCUT2D eigenvalue weighted by Crippen LogP contribution is 2.33. The summed E-state index contributed by atoms with van der Waals surface area (Å²) in [5.74, 6) is 0. The molecule has 0 spiro atoms. The molecule has 8 heteroatoms. The van der Waals surface area contributed by atoms with Crippen molar-refractivity contribution in [3.63, 3.8) is 0 Å². The molecule has 0 unspecified atom stereocenters. The number of pyridine rings is 1. The first-order chi connectivity index (χ1) is 10.4. The SMILES string of the molecule is CCCCCc1nc2ccccc2c(S(N)(=O)=O)c1[N+](=O)[O-]. The van der Waals surface area contributed by atoms with Crippen molar-refractivity contribution in [1.29, 1.82) is 0 Å². The van der Waals surface area contributed by atoms with E-state index < -0.39 is 25.5 Å². The molecule has 0 fully saturated rings. The lowest BCUT2D eigenvalue weighted by Gasteiger charge is -2.09. The predicted molar refractivity (Wildman–Crippen MR) is 83.0 cm³/mol. The molecule has 22 heavy (non-hydrogen) atoms. The molecule has 2 aromatic rings. The van der Waals surface area contributed by atoms with Gasteiger partial charge < -0.3 is 0 Å². The summed E-state index contributed by atoms with van der Waals surface area (Å²) < 4.78 is 23.8. The van der Waals surface area contributed by atoms with E-state index in [2.05, 4.69) is 4.98 Å². The Balaban J connectivity index is 2.79. The molecule has 0 bridgehead atoms. The number of fused-ring (bicyclic) bond motifs is 1. The topological polar surface area (TPSA) is 116 Å². The molecule has 0 atom stereocenters. The maximum Gasteiger partial charge on any atom is 0.311 e. The number of aryl methyl sites for hydroxylation is 1. The van der Waals surface area contributed by atoms with Crippen LogP contribution in [-0.2, 0) is 16.4 Å². The number of primary sulfonamides is 1. The lowest BCUT2D eigenvalue weighted by molar-refractivity contribution is -0.388. The number of para-hydroxylation sites is 1. The van der Waals surface area contributed by atoms with Crippen molar-refractivity contribution in [2.24, 2.45) is 5.14 Å². The summed E-state index contributed by atoms with van der Waals surface area (Å²) in [6, 6.07) is 6.39. The van der Waals surface area contributed by atoms with Crippen molar-refractivity contribution in [2.75, 3.05) is 0 Å². The van der Waals surface area contributed by atoms with E-state index in [0.29, 0.717) is 18.4 Å². The van der Waals surface area contributed by atoms with Gasteiger partial charge in [-0.05, 0) is 18.9 Å². The number of unbranched alkanes of at least 4 members (excludes halogenated alkanes) is 2. The smallest absolute Gasteiger partial charge is 0.258 e. The number of nitro groups is 1. The van der Waals surface area contributed by atoms with E-state index in [0.717, 1.165) is 12.8 Å². The summed E-state index contributed by atoms with van der Waals surface area (Å²) in [7, 11) is -4.24. The minimum atomic E-state index is -4.24. The van der Waals surface area contributed by atoms with Crippen LogP contribution in [-0.4, -0.2) is 18.3 Å². The second-order valence-electron chi connectivity index (χ2n) is 5.01. The normalized spacial score (nSPS) is 11.7. The molecular weight excluding hydrogens is 306 g/mol. The average Bonchev–Trinajstić information content (AvgIpc) is 2.44. The highest BCUT2D eigenvalue weighted by atomic mass is 32.2. The molecule has 0 radical (unpaired) electrons. The van der Waals surface area contributed by atoms with Gasteiger partial charge in [0.25, 0.3) is 0 Å². The summed E-state index contributed by atoms with van der Waals surface area (Å²) in [5, 5.41) is 16.8. The monoisotopic (exact) mass is 323 g/mol. The van der Waals surface area contributed by atoms with E-state index in [4.69, 9.17) is 5.14 Å². The Morgan fingerprint density at radius 2 is 1.95 bits per heavy atom. The van der Waals surface area contributed by atoms with Crippen LogP contribution < -0.4 is 5.14 Å². The Hall–Kier alpha value is -2.06. The standard InChI is InChI=1S/C14H17N3O4S/c1-2-3-4-9-12-13(17(18)19)14(22(15,20)21)10-7-5-6-8-11(10)16-12/h5-8H,2-4,9H2,1H3,(H2,15,20,21). The summed E-state index contributed by atoms with van der Waals surface area (Å²) in [6.45, 7) is 2.01. The molecule has 1 aromatic heterocycles. The molecule has 0 amide bonds. The summed E-state index contributed by atoms with van der Waals surface area (Å²) >= 11 is 0. The predicted octanol–water partition coefficient (Wildman–Crippen LogP) is 2.52. The molecule has 1 heterocycles. The molecule has 1 aromatic carbocycles. The van der Waals surface area contributed by atoms with Crippen molar-refractivity contribution in [1.82, 2.24) is 4.98 Å². The first kappa shape index (κ1) is 16.3. The number of rotatable bonds is 6. The fraction of sp³-hybridized carbons (Fsp3) is 0.357. The maximum absolute atomic E-state index is 11.9. The number of aromatic nitrogens is 1. The van der Waals surface area contributed by atoms with Gasteiger partial charge in [-0.1, -0.05) is 38.0 Å². The highest BCUT2D eigenvalue weighted by Gasteiger charge is 2.30. The molecule has 0 aliphatic carbocycles. The third-order valence-corrected chi connectivity index (χ3v) is 4.36. The first-order valence-corrected chi connectivity index (χ1v) is 8.49. The molecule has 0 aliphatic rings. The minimum Gasteiger partial charge on any atom is -0.258 e. The van der Waals surface area contributed by atoms with Crippen LogP contribution in [0.5, 0.6) is 0 Å². The second kappa shape index (κ2) is 6.37. The van der Waals surface area contributed by atoms with Crippen molar-refractivity contribution < 1.29 is 13.3 Å². The van der Waals surface area contributed by atoms with Crippen LogP contribution >= 0.6 is 0 Å². The summed E-state index contributed by atoms with van der Waals surface area (Å²) in [4.78, 5) is 14.5. The van der Waals surface area contributed by atoms with Gasteiger partial charge >= 0.3 is 5.69 Å². The van der Waals surface area contributed by atoms with E-state index in [1.165, 1.54) is 6.07 Å². The van der Waals surface area contributed by atoms with Gasteiger partial charge in [0.05, 0.1) is 10.4 Å². The third-order valence-electron chi connectivity index (χ3n) is 3.38. The molecule has 0 saturated heterocycles. The summed E-state index contributed by atoms with van der Waals surface area (Å²) in [5.41, 5.74) is 0.0575. The fourth-order valence-corrected chi connectivity index (χ4v) is 3.35. The van der Waals surface area contributed by atoms with Gasteiger partial charge in [0.15, 0.2) is 4.90 Å². The van der Waals surface area contributed by atoms with Crippen molar-refractivity contribution >= 4 is 26.6 Å². The van der Waals surface area contributed by atoms with Gasteiger partial charge in [-0.25, -0.2) is 18.5 Å². The van der Waals surface area contributed by atoms with Gasteiger partial charge in [0.2, 0.25) is 10.0 Å². The van der Waals surface area contributed by atoms with E-state index in [9.17, 15) is 18.5 Å². The number of hydrogen-bond acceptors (Lipinski definition) is 5. The van der Waals surface area contributed by atoms with Crippen LogP contribution in [0.25, 0.3) is 10.9 Å². The van der Waals surface area contributed by atoms with Gasteiger partial charge in [0, 0.05) is 5.39 Å². The summed E-state index contributed by atoms with van der Waals surface area (Å²) in [6.07, 6.45) is 2.88. The van der Waals surface area contributed by atoms with E-state index >= 15 is 0 Å². The Kier molecular flexibility index (Phi) is 4.72. The first-order valence-electron chi connectivity index (χ1n) is 6.95. The Morgan fingerprint density at radius 1 is 1.27 bits per heavy atom. The number of hydrogen-bond donors (Lipinski definition) is 1. The van der Waals surface area contributed by atoms with Crippen molar-refractivity contribution in [3.05, 3.63) is 40.1 Å². The van der Waals surface area contributed by atoms with Gasteiger partial charge in [0.1, 0.15) is 5.69 Å². The Morgan fingerprint density at radius 3 is 2.55 bits per heavy atom. The Bertz CT molecular complexity index is 818. The molecule has 0 aliphatic heterocycles. The number of nitrogens with two attached hydrogens (primary N) is 1. The molecular formula is C14H17N3O4S. The second-order valence-corrected chi connectivity index (χ2v) is 6.51. The van der Waals surface area contributed by atoms with Gasteiger partial charge in [-0.15, -0.1) is 0 Å². The average molecular weight is 323 g/mol. The largest absolute Gasteiger partial charge is 0.311 e. The zero-order chi connectivity index (χ0) is 16.3. The molecule has 2 N–H and O–H groups in total. The van der Waals surface area contributed by atoms with Crippen LogP contribution in [0.3, 0.4) is 0 Å². The van der Waals surface area contributed by atoms with Gasteiger partial charge in [-0.3, -0.25) is 10.1 Å². The molecule has 0 saturated carbocycles. The molecule has 2 rings (SSSR count). The number of nitrogens with zero attached hydrogens (tertiary/aromatic N) is 2. The van der Waals surface area contributed by atoms with Crippen LogP contribution in [0.2, 0.25) is 0 Å². The molecule has 7 nitrogen and oxygen atoms in total.